The number of hydrogen-bond donors (Lipinski definition) is 0. The molecule has 0 amide bonds. The smallest absolute Gasteiger partial charge is 0.333 e. The molecule has 1 fully saturated rings. The predicted molar refractivity (Wildman–Crippen MR) is 93.7 cm³/mol. The van der Waals surface area contributed by atoms with E-state index in [0.29, 0.717) is 10.7 Å². The largest absolute Gasteiger partial charge is 0.362 e. The maximum atomic E-state index is 14.2. The Balaban J connectivity index is 1.72. The summed E-state index contributed by atoms with van der Waals surface area (Å²) in [5, 5.41) is 0.576. The molecule has 4 nitrogen and oxygen atoms in total. The lowest BCUT2D eigenvalue weighted by molar-refractivity contribution is 0.222. The van der Waals surface area contributed by atoms with Gasteiger partial charge in [0.25, 0.3) is 0 Å². The number of nitrogens with zero attached hydrogens (tertiary/aromatic N) is 2. The normalized spacial score (nSPS) is 20.2. The minimum absolute atomic E-state index is 0.248. The van der Waals surface area contributed by atoms with Gasteiger partial charge in [0.2, 0.25) is 0 Å². The maximum absolute atomic E-state index is 14.2. The van der Waals surface area contributed by atoms with Crippen LogP contribution in [-0.4, -0.2) is 15.7 Å². The number of halogens is 3. The van der Waals surface area contributed by atoms with Crippen molar-refractivity contribution >= 4 is 11.6 Å². The van der Waals surface area contributed by atoms with Crippen molar-refractivity contribution in [3.05, 3.63) is 87.6 Å². The van der Waals surface area contributed by atoms with Crippen molar-refractivity contribution in [3.8, 4) is 5.69 Å². The van der Waals surface area contributed by atoms with Crippen molar-refractivity contribution in [2.75, 3.05) is 6.61 Å². The Morgan fingerprint density at radius 2 is 1.85 bits per heavy atom. The van der Waals surface area contributed by atoms with E-state index in [1.165, 1.54) is 21.3 Å². The minimum Gasteiger partial charge on any atom is -0.362 e. The minimum atomic E-state index is -0.978. The summed E-state index contributed by atoms with van der Waals surface area (Å²) in [7, 11) is 0. The number of aromatic nitrogens is 2. The van der Waals surface area contributed by atoms with Gasteiger partial charge in [-0.3, -0.25) is 9.13 Å². The molecule has 2 atom stereocenters. The third-order valence-corrected chi connectivity index (χ3v) is 5.09. The molecule has 0 bridgehead atoms. The first kappa shape index (κ1) is 17.0. The van der Waals surface area contributed by atoms with Gasteiger partial charge in [0.1, 0.15) is 17.2 Å². The Labute approximate surface area is 153 Å². The van der Waals surface area contributed by atoms with Crippen LogP contribution in [0.4, 0.5) is 8.78 Å². The fraction of sp³-hybridized carbons (Fsp3) is 0.211. The lowest BCUT2D eigenvalue weighted by Gasteiger charge is -2.22. The quantitative estimate of drug-likeness (QED) is 0.644. The molecule has 0 saturated carbocycles. The molecule has 4 rings (SSSR count). The van der Waals surface area contributed by atoms with E-state index in [0.717, 1.165) is 6.07 Å². The van der Waals surface area contributed by atoms with Crippen LogP contribution in [0.1, 0.15) is 18.5 Å². The number of ether oxygens (including phenoxy) is 1. The predicted octanol–water partition coefficient (Wildman–Crippen LogP) is 4.06. The molecule has 26 heavy (non-hydrogen) atoms. The third kappa shape index (κ3) is 2.66. The van der Waals surface area contributed by atoms with Crippen LogP contribution in [0.5, 0.6) is 0 Å². The van der Waals surface area contributed by atoms with Crippen molar-refractivity contribution in [2.45, 2.75) is 18.6 Å². The van der Waals surface area contributed by atoms with Gasteiger partial charge in [-0.25, -0.2) is 13.6 Å². The lowest BCUT2D eigenvalue weighted by atomic mass is 9.92. The third-order valence-electron chi connectivity index (χ3n) is 4.84. The van der Waals surface area contributed by atoms with Gasteiger partial charge < -0.3 is 4.74 Å². The molecule has 3 aromatic rings. The molecule has 2 heterocycles. The zero-order chi connectivity index (χ0) is 18.5. The molecule has 0 spiro atoms. The molecular formula is C19H15ClF2N2O2. The van der Waals surface area contributed by atoms with E-state index in [9.17, 15) is 13.6 Å². The van der Waals surface area contributed by atoms with Crippen molar-refractivity contribution in [2.24, 2.45) is 0 Å². The van der Waals surface area contributed by atoms with Gasteiger partial charge in [-0.2, -0.15) is 0 Å². The van der Waals surface area contributed by atoms with E-state index in [-0.39, 0.29) is 17.9 Å². The number of epoxide rings is 1. The highest BCUT2D eigenvalue weighted by Crippen LogP contribution is 2.48. The molecule has 0 radical (unpaired) electrons. The molecule has 2 aromatic carbocycles. The van der Waals surface area contributed by atoms with Crippen molar-refractivity contribution in [1.82, 2.24) is 9.13 Å². The number of benzene rings is 2. The Hall–Kier alpha value is -2.44. The molecule has 7 heteroatoms. The van der Waals surface area contributed by atoms with Crippen molar-refractivity contribution < 1.29 is 13.5 Å². The number of imidazole rings is 1. The van der Waals surface area contributed by atoms with Gasteiger partial charge in [0.05, 0.1) is 18.3 Å². The highest BCUT2D eigenvalue weighted by Gasteiger charge is 2.54. The van der Waals surface area contributed by atoms with Crippen molar-refractivity contribution in [3.63, 3.8) is 0 Å². The lowest BCUT2D eigenvalue weighted by Crippen LogP contribution is -2.32. The topological polar surface area (TPSA) is 39.5 Å². The molecular weight excluding hydrogens is 362 g/mol. The van der Waals surface area contributed by atoms with Crippen LogP contribution >= 0.6 is 11.6 Å². The van der Waals surface area contributed by atoms with Crippen LogP contribution in [0.25, 0.3) is 5.69 Å². The average molecular weight is 377 g/mol. The number of hydrogen-bond acceptors (Lipinski definition) is 2. The van der Waals surface area contributed by atoms with Crippen LogP contribution in [0.2, 0.25) is 5.02 Å². The summed E-state index contributed by atoms with van der Waals surface area (Å²) >= 11 is 5.89. The summed E-state index contributed by atoms with van der Waals surface area (Å²) in [4.78, 5) is 12.8. The van der Waals surface area contributed by atoms with Gasteiger partial charge in [-0.15, -0.1) is 0 Å². The fourth-order valence-electron chi connectivity index (χ4n) is 3.24. The summed E-state index contributed by atoms with van der Waals surface area (Å²) in [6.07, 6.45) is 3.27. The summed E-state index contributed by atoms with van der Waals surface area (Å²) < 4.78 is 36.0. The maximum Gasteiger partial charge on any atom is 0.333 e. The van der Waals surface area contributed by atoms with Crippen molar-refractivity contribution in [1.29, 1.82) is 0 Å². The van der Waals surface area contributed by atoms with Gasteiger partial charge in [-0.1, -0.05) is 17.7 Å². The first-order valence-corrected chi connectivity index (χ1v) is 8.45. The SMILES string of the molecule is C[C@@H](n1ccn(-c2ccc(Cl)cc2)c1=O)[C@@]1(c2ccc(F)cc2F)CO1. The molecule has 1 aliphatic heterocycles. The van der Waals surface area contributed by atoms with Gasteiger partial charge in [-0.05, 0) is 37.3 Å². The Morgan fingerprint density at radius 1 is 1.15 bits per heavy atom. The van der Waals surface area contributed by atoms with Gasteiger partial charge >= 0.3 is 5.69 Å². The second-order valence-electron chi connectivity index (χ2n) is 6.31. The number of rotatable bonds is 4. The van der Waals surface area contributed by atoms with E-state index >= 15 is 0 Å². The second-order valence-corrected chi connectivity index (χ2v) is 6.75. The average Bonchev–Trinajstić information content (AvgIpc) is 3.32. The van der Waals surface area contributed by atoms with E-state index < -0.39 is 23.3 Å². The van der Waals surface area contributed by atoms with E-state index in [1.54, 1.807) is 43.6 Å². The molecule has 1 aromatic heterocycles. The van der Waals surface area contributed by atoms with Crippen LogP contribution in [0.3, 0.4) is 0 Å². The Kier molecular flexibility index (Phi) is 3.97. The van der Waals surface area contributed by atoms with E-state index in [1.807, 2.05) is 0 Å². The zero-order valence-electron chi connectivity index (χ0n) is 13.8. The second kappa shape index (κ2) is 6.07. The van der Waals surface area contributed by atoms with Crippen LogP contribution in [-0.2, 0) is 10.3 Å². The monoisotopic (exact) mass is 376 g/mol. The summed E-state index contributed by atoms with van der Waals surface area (Å²) in [6, 6.07) is 9.79. The summed E-state index contributed by atoms with van der Waals surface area (Å²) in [5.41, 5.74) is -0.341. The summed E-state index contributed by atoms with van der Waals surface area (Å²) in [6.45, 7) is 2.04. The molecule has 134 valence electrons. The zero-order valence-corrected chi connectivity index (χ0v) is 14.6. The first-order valence-electron chi connectivity index (χ1n) is 8.07. The van der Waals surface area contributed by atoms with E-state index in [2.05, 4.69) is 0 Å². The van der Waals surface area contributed by atoms with Crippen LogP contribution in [0, 0.1) is 11.6 Å². The van der Waals surface area contributed by atoms with Crippen LogP contribution < -0.4 is 5.69 Å². The van der Waals surface area contributed by atoms with E-state index in [4.69, 9.17) is 16.3 Å². The Morgan fingerprint density at radius 3 is 2.46 bits per heavy atom. The van der Waals surface area contributed by atoms with Crippen LogP contribution in [0.15, 0.2) is 59.7 Å². The first-order chi connectivity index (χ1) is 12.4. The molecule has 0 unspecified atom stereocenters. The Bertz CT molecular complexity index is 1020. The fourth-order valence-corrected chi connectivity index (χ4v) is 3.37. The molecule has 1 saturated heterocycles. The molecule has 0 N–H and O–H groups in total. The highest BCUT2D eigenvalue weighted by atomic mass is 35.5. The summed E-state index contributed by atoms with van der Waals surface area (Å²) in [5.74, 6) is -1.33. The standard InChI is InChI=1S/C19H15ClF2N2O2/c1-12(19(11-26-19)16-7-4-14(21)10-17(16)22)23-8-9-24(18(23)25)15-5-2-13(20)3-6-15/h2-10,12H,11H2,1H3/t12-,19-/m1/s1. The van der Waals surface area contributed by atoms with Gasteiger partial charge in [0.15, 0.2) is 0 Å². The molecule has 0 aliphatic carbocycles. The molecule has 1 aliphatic rings. The highest BCUT2D eigenvalue weighted by molar-refractivity contribution is 6.30. The van der Waals surface area contributed by atoms with Gasteiger partial charge in [0, 0.05) is 29.0 Å².